The van der Waals surface area contributed by atoms with Gasteiger partial charge in [-0.05, 0) is 18.6 Å². The van der Waals surface area contributed by atoms with Crippen molar-refractivity contribution < 1.29 is 4.74 Å². The average Bonchev–Trinajstić information content (AvgIpc) is 2.49. The van der Waals surface area contributed by atoms with E-state index in [0.29, 0.717) is 17.2 Å². The van der Waals surface area contributed by atoms with Crippen molar-refractivity contribution in [3.63, 3.8) is 0 Å². The van der Waals surface area contributed by atoms with Crippen LogP contribution >= 0.6 is 0 Å². The van der Waals surface area contributed by atoms with Gasteiger partial charge in [-0.2, -0.15) is 5.26 Å². The monoisotopic (exact) mass is 268 g/mol. The fourth-order valence-corrected chi connectivity index (χ4v) is 1.93. The third-order valence-corrected chi connectivity index (χ3v) is 2.86. The standard InChI is InChI=1S/C15H16N4O/c1-3-6-12-14(17-2)18-10-19-15(12)20-13-8-5-4-7-11(13)9-16/h4-5,7-8,10H,3,6H2,1-2H3,(H,17,18,19). The summed E-state index contributed by atoms with van der Waals surface area (Å²) in [5.74, 6) is 1.76. The number of nitrogens with one attached hydrogen (secondary N) is 1. The van der Waals surface area contributed by atoms with E-state index in [-0.39, 0.29) is 0 Å². The third kappa shape index (κ3) is 2.86. The van der Waals surface area contributed by atoms with Gasteiger partial charge >= 0.3 is 0 Å². The molecular formula is C15H16N4O. The molecule has 1 aromatic carbocycles. The second-order valence-electron chi connectivity index (χ2n) is 4.22. The number of nitrogens with zero attached hydrogens (tertiary/aromatic N) is 3. The Morgan fingerprint density at radius 2 is 2.10 bits per heavy atom. The molecule has 0 saturated heterocycles. The van der Waals surface area contributed by atoms with Crippen LogP contribution in [0.25, 0.3) is 0 Å². The molecule has 2 aromatic rings. The maximum atomic E-state index is 9.09. The van der Waals surface area contributed by atoms with Crippen molar-refractivity contribution in [3.8, 4) is 17.7 Å². The predicted molar refractivity (Wildman–Crippen MR) is 76.8 cm³/mol. The van der Waals surface area contributed by atoms with Crippen LogP contribution in [0.3, 0.4) is 0 Å². The molecule has 1 N–H and O–H groups in total. The van der Waals surface area contributed by atoms with Gasteiger partial charge in [-0.1, -0.05) is 25.5 Å². The lowest BCUT2D eigenvalue weighted by atomic mass is 10.1. The molecule has 102 valence electrons. The maximum Gasteiger partial charge on any atom is 0.227 e. The molecule has 0 unspecified atom stereocenters. The van der Waals surface area contributed by atoms with Crippen LogP contribution in [-0.4, -0.2) is 17.0 Å². The summed E-state index contributed by atoms with van der Waals surface area (Å²) >= 11 is 0. The minimum Gasteiger partial charge on any atom is -0.437 e. The van der Waals surface area contributed by atoms with Crippen LogP contribution in [0, 0.1) is 11.3 Å². The molecule has 0 spiro atoms. The topological polar surface area (TPSA) is 70.8 Å². The number of aromatic nitrogens is 2. The van der Waals surface area contributed by atoms with E-state index >= 15 is 0 Å². The Kier molecular flexibility index (Phi) is 4.51. The summed E-state index contributed by atoms with van der Waals surface area (Å²) in [5.41, 5.74) is 1.41. The van der Waals surface area contributed by atoms with Gasteiger partial charge in [0.1, 0.15) is 24.0 Å². The lowest BCUT2D eigenvalue weighted by Gasteiger charge is -2.13. The van der Waals surface area contributed by atoms with Crippen molar-refractivity contribution in [2.24, 2.45) is 0 Å². The number of hydrogen-bond acceptors (Lipinski definition) is 5. The summed E-state index contributed by atoms with van der Waals surface area (Å²) in [4.78, 5) is 8.39. The van der Waals surface area contributed by atoms with E-state index in [9.17, 15) is 0 Å². The van der Waals surface area contributed by atoms with E-state index in [1.807, 2.05) is 13.1 Å². The van der Waals surface area contributed by atoms with Gasteiger partial charge in [0, 0.05) is 7.05 Å². The molecule has 0 bridgehead atoms. The molecule has 2 rings (SSSR count). The molecule has 5 nitrogen and oxygen atoms in total. The zero-order chi connectivity index (χ0) is 14.4. The summed E-state index contributed by atoms with van der Waals surface area (Å²) in [6.45, 7) is 2.08. The number of rotatable bonds is 5. The molecule has 0 amide bonds. The summed E-state index contributed by atoms with van der Waals surface area (Å²) in [5, 5.41) is 12.1. The highest BCUT2D eigenvalue weighted by atomic mass is 16.5. The molecule has 1 aromatic heterocycles. The van der Waals surface area contributed by atoms with Crippen molar-refractivity contribution in [1.29, 1.82) is 5.26 Å². The molecule has 0 saturated carbocycles. The smallest absolute Gasteiger partial charge is 0.227 e. The van der Waals surface area contributed by atoms with Crippen LogP contribution in [0.1, 0.15) is 24.5 Å². The number of ether oxygens (including phenoxy) is 1. The van der Waals surface area contributed by atoms with Gasteiger partial charge in [-0.25, -0.2) is 9.97 Å². The Morgan fingerprint density at radius 1 is 1.30 bits per heavy atom. The highest BCUT2D eigenvalue weighted by molar-refractivity contribution is 5.51. The highest BCUT2D eigenvalue weighted by Crippen LogP contribution is 2.29. The van der Waals surface area contributed by atoms with E-state index in [0.717, 1.165) is 24.2 Å². The van der Waals surface area contributed by atoms with Crippen molar-refractivity contribution in [1.82, 2.24) is 9.97 Å². The minimum atomic E-state index is 0.486. The maximum absolute atomic E-state index is 9.09. The Bertz CT molecular complexity index is 634. The van der Waals surface area contributed by atoms with E-state index in [4.69, 9.17) is 10.00 Å². The number of para-hydroxylation sites is 1. The van der Waals surface area contributed by atoms with Crippen molar-refractivity contribution in [2.45, 2.75) is 19.8 Å². The normalized spacial score (nSPS) is 9.85. The second-order valence-corrected chi connectivity index (χ2v) is 4.22. The molecule has 0 fully saturated rings. The second kappa shape index (κ2) is 6.53. The van der Waals surface area contributed by atoms with Gasteiger partial charge in [0.2, 0.25) is 5.88 Å². The predicted octanol–water partition coefficient (Wildman–Crippen LogP) is 3.13. The Morgan fingerprint density at radius 3 is 2.80 bits per heavy atom. The molecule has 0 atom stereocenters. The summed E-state index contributed by atoms with van der Waals surface area (Å²) in [6, 6.07) is 9.22. The molecule has 5 heteroatoms. The number of benzene rings is 1. The summed E-state index contributed by atoms with van der Waals surface area (Å²) < 4.78 is 5.81. The van der Waals surface area contributed by atoms with E-state index in [1.54, 1.807) is 18.2 Å². The van der Waals surface area contributed by atoms with Gasteiger partial charge in [0.05, 0.1) is 11.1 Å². The van der Waals surface area contributed by atoms with E-state index in [2.05, 4.69) is 28.3 Å². The minimum absolute atomic E-state index is 0.486. The summed E-state index contributed by atoms with van der Waals surface area (Å²) in [7, 11) is 1.81. The first kappa shape index (κ1) is 13.8. The molecule has 20 heavy (non-hydrogen) atoms. The van der Waals surface area contributed by atoms with Crippen LogP contribution in [0.2, 0.25) is 0 Å². The lowest BCUT2D eigenvalue weighted by Crippen LogP contribution is -2.03. The Balaban J connectivity index is 2.40. The Hall–Kier alpha value is -2.61. The lowest BCUT2D eigenvalue weighted by molar-refractivity contribution is 0.453. The van der Waals surface area contributed by atoms with Gasteiger partial charge in [-0.15, -0.1) is 0 Å². The fraction of sp³-hybridized carbons (Fsp3) is 0.267. The van der Waals surface area contributed by atoms with Gasteiger partial charge in [-0.3, -0.25) is 0 Å². The SMILES string of the molecule is CCCc1c(NC)ncnc1Oc1ccccc1C#N. The van der Waals surface area contributed by atoms with Gasteiger partial charge < -0.3 is 10.1 Å². The van der Waals surface area contributed by atoms with Crippen LogP contribution < -0.4 is 10.1 Å². The zero-order valence-electron chi connectivity index (χ0n) is 11.6. The largest absolute Gasteiger partial charge is 0.437 e. The van der Waals surface area contributed by atoms with Crippen molar-refractivity contribution in [2.75, 3.05) is 12.4 Å². The van der Waals surface area contributed by atoms with E-state index < -0.39 is 0 Å². The molecule has 0 aliphatic heterocycles. The zero-order valence-corrected chi connectivity index (χ0v) is 11.6. The molecular weight excluding hydrogens is 252 g/mol. The summed E-state index contributed by atoms with van der Waals surface area (Å²) in [6.07, 6.45) is 3.22. The van der Waals surface area contributed by atoms with Gasteiger partial charge in [0.15, 0.2) is 0 Å². The molecule has 0 radical (unpaired) electrons. The first-order valence-electron chi connectivity index (χ1n) is 6.48. The fourth-order valence-electron chi connectivity index (χ4n) is 1.93. The van der Waals surface area contributed by atoms with Crippen molar-refractivity contribution >= 4 is 5.82 Å². The molecule has 1 heterocycles. The van der Waals surface area contributed by atoms with Crippen LogP contribution in [0.5, 0.6) is 11.6 Å². The van der Waals surface area contributed by atoms with Crippen LogP contribution in [0.15, 0.2) is 30.6 Å². The number of hydrogen-bond donors (Lipinski definition) is 1. The first-order chi connectivity index (χ1) is 9.80. The quantitative estimate of drug-likeness (QED) is 0.902. The first-order valence-corrected chi connectivity index (χ1v) is 6.48. The van der Waals surface area contributed by atoms with Gasteiger partial charge in [0.25, 0.3) is 0 Å². The highest BCUT2D eigenvalue weighted by Gasteiger charge is 2.13. The van der Waals surface area contributed by atoms with Crippen molar-refractivity contribution in [3.05, 3.63) is 41.7 Å². The third-order valence-electron chi connectivity index (χ3n) is 2.86. The molecule has 0 aliphatic carbocycles. The molecule has 0 aliphatic rings. The Labute approximate surface area is 118 Å². The van der Waals surface area contributed by atoms with E-state index in [1.165, 1.54) is 6.33 Å². The van der Waals surface area contributed by atoms with Crippen LogP contribution in [0.4, 0.5) is 5.82 Å². The number of nitriles is 1. The average molecular weight is 268 g/mol. The van der Waals surface area contributed by atoms with Crippen LogP contribution in [-0.2, 0) is 6.42 Å². The number of anilines is 1.